The molecule has 0 aliphatic heterocycles. The fourth-order valence-electron chi connectivity index (χ4n) is 1.51. The normalized spacial score (nSPS) is 13.9. The fraction of sp³-hybridized carbons (Fsp3) is 0.800. The van der Waals surface area contributed by atoms with Gasteiger partial charge >= 0.3 is 6.18 Å². The molecule has 1 heterocycles. The Hall–Kier alpha value is -1.11. The maximum Gasteiger partial charge on any atom is 0.390 e. The van der Waals surface area contributed by atoms with Crippen LogP contribution in [0.5, 0.6) is 0 Å². The third-order valence-electron chi connectivity index (χ3n) is 2.28. The molecule has 98 valence electrons. The fourth-order valence-corrected chi connectivity index (χ4v) is 1.51. The zero-order valence-electron chi connectivity index (χ0n) is 9.96. The van der Waals surface area contributed by atoms with Gasteiger partial charge in [-0.3, -0.25) is 0 Å². The summed E-state index contributed by atoms with van der Waals surface area (Å²) in [5.41, 5.74) is 0. The Bertz CT molecular complexity index is 335. The summed E-state index contributed by atoms with van der Waals surface area (Å²) >= 11 is 0. The lowest BCUT2D eigenvalue weighted by molar-refractivity contribution is -0.139. The molecule has 1 aromatic rings. The van der Waals surface area contributed by atoms with Crippen LogP contribution in [0.3, 0.4) is 0 Å². The monoisotopic (exact) mass is 250 g/mol. The Balaban J connectivity index is 2.41. The Kier molecular flexibility index (Phi) is 4.92. The smallest absolute Gasteiger partial charge is 0.307 e. The van der Waals surface area contributed by atoms with Crippen LogP contribution in [0.15, 0.2) is 6.33 Å². The number of halogens is 3. The highest BCUT2D eigenvalue weighted by molar-refractivity contribution is 4.84. The van der Waals surface area contributed by atoms with Crippen LogP contribution in [0.2, 0.25) is 0 Å². The number of aryl methyl sites for hydroxylation is 1. The molecular weight excluding hydrogens is 233 g/mol. The van der Waals surface area contributed by atoms with Crippen LogP contribution in [0.25, 0.3) is 0 Å². The molecule has 1 rings (SSSR count). The van der Waals surface area contributed by atoms with E-state index in [0.29, 0.717) is 12.4 Å². The number of aromatic nitrogens is 3. The molecule has 1 unspecified atom stereocenters. The van der Waals surface area contributed by atoms with Gasteiger partial charge < -0.3 is 5.32 Å². The average Bonchev–Trinajstić information content (AvgIpc) is 2.60. The van der Waals surface area contributed by atoms with Gasteiger partial charge in [0.25, 0.3) is 0 Å². The molecule has 0 spiro atoms. The minimum absolute atomic E-state index is 0.303. The second-order valence-electron chi connectivity index (χ2n) is 4.00. The van der Waals surface area contributed by atoms with Gasteiger partial charge in [0.05, 0.1) is 13.0 Å². The van der Waals surface area contributed by atoms with Gasteiger partial charge in [0, 0.05) is 12.6 Å². The van der Waals surface area contributed by atoms with Gasteiger partial charge in [-0.1, -0.05) is 6.92 Å². The van der Waals surface area contributed by atoms with Gasteiger partial charge in [-0.15, -0.1) is 0 Å². The van der Waals surface area contributed by atoms with Gasteiger partial charge in [0.2, 0.25) is 0 Å². The van der Waals surface area contributed by atoms with Gasteiger partial charge in [-0.25, -0.2) is 9.67 Å². The van der Waals surface area contributed by atoms with Gasteiger partial charge in [-0.2, -0.15) is 18.3 Å². The van der Waals surface area contributed by atoms with Crippen molar-refractivity contribution in [2.24, 2.45) is 0 Å². The molecule has 0 saturated heterocycles. The number of nitrogens with zero attached hydrogens (tertiary/aromatic N) is 3. The number of hydrogen-bond donors (Lipinski definition) is 1. The lowest BCUT2D eigenvalue weighted by atomic mass is 10.2. The quantitative estimate of drug-likeness (QED) is 0.841. The first kappa shape index (κ1) is 14.0. The summed E-state index contributed by atoms with van der Waals surface area (Å²) in [4.78, 5) is 4.01. The van der Waals surface area contributed by atoms with Crippen LogP contribution >= 0.6 is 0 Å². The molecule has 1 aromatic heterocycles. The van der Waals surface area contributed by atoms with Gasteiger partial charge in [-0.05, 0) is 13.3 Å². The first-order valence-corrected chi connectivity index (χ1v) is 5.59. The Morgan fingerprint density at radius 1 is 1.47 bits per heavy atom. The molecule has 4 nitrogen and oxygen atoms in total. The van der Waals surface area contributed by atoms with Crippen LogP contribution in [0, 0.1) is 0 Å². The van der Waals surface area contributed by atoms with Crippen molar-refractivity contribution in [1.29, 1.82) is 0 Å². The number of rotatable bonds is 6. The third kappa shape index (κ3) is 5.16. The van der Waals surface area contributed by atoms with Gasteiger partial charge in [0.15, 0.2) is 0 Å². The van der Waals surface area contributed by atoms with E-state index in [1.165, 1.54) is 13.3 Å². The van der Waals surface area contributed by atoms with Crippen molar-refractivity contribution in [2.75, 3.05) is 0 Å². The predicted molar refractivity (Wildman–Crippen MR) is 57.3 cm³/mol. The number of hydrogen-bond acceptors (Lipinski definition) is 3. The van der Waals surface area contributed by atoms with E-state index in [4.69, 9.17) is 0 Å². The molecular formula is C10H17F3N4. The lowest BCUT2D eigenvalue weighted by Gasteiger charge is -2.15. The average molecular weight is 250 g/mol. The van der Waals surface area contributed by atoms with Crippen molar-refractivity contribution in [3.05, 3.63) is 12.2 Å². The van der Waals surface area contributed by atoms with Crippen molar-refractivity contribution >= 4 is 0 Å². The van der Waals surface area contributed by atoms with E-state index in [1.807, 2.05) is 6.92 Å². The summed E-state index contributed by atoms with van der Waals surface area (Å²) in [5, 5.41) is 6.80. The maximum atomic E-state index is 12.1. The van der Waals surface area contributed by atoms with E-state index < -0.39 is 18.6 Å². The Morgan fingerprint density at radius 3 is 2.76 bits per heavy atom. The lowest BCUT2D eigenvalue weighted by Crippen LogP contribution is -2.31. The summed E-state index contributed by atoms with van der Waals surface area (Å²) in [6.07, 6.45) is -2.64. The first-order chi connectivity index (χ1) is 7.92. The largest absolute Gasteiger partial charge is 0.390 e. The topological polar surface area (TPSA) is 42.7 Å². The van der Waals surface area contributed by atoms with E-state index in [-0.39, 0.29) is 0 Å². The van der Waals surface area contributed by atoms with Crippen molar-refractivity contribution in [3.63, 3.8) is 0 Å². The third-order valence-corrected chi connectivity index (χ3v) is 2.28. The predicted octanol–water partition coefficient (Wildman–Crippen LogP) is 2.12. The molecule has 0 radical (unpaired) electrons. The van der Waals surface area contributed by atoms with Crippen LogP contribution in [0.4, 0.5) is 13.2 Å². The summed E-state index contributed by atoms with van der Waals surface area (Å²) in [6.45, 7) is 4.54. The second kappa shape index (κ2) is 6.00. The van der Waals surface area contributed by atoms with E-state index in [0.717, 1.165) is 13.0 Å². The van der Waals surface area contributed by atoms with Crippen molar-refractivity contribution in [1.82, 2.24) is 20.1 Å². The van der Waals surface area contributed by atoms with E-state index in [2.05, 4.69) is 15.4 Å². The zero-order chi connectivity index (χ0) is 12.9. The molecule has 0 aliphatic carbocycles. The molecule has 0 saturated carbocycles. The van der Waals surface area contributed by atoms with Crippen molar-refractivity contribution < 1.29 is 13.2 Å². The summed E-state index contributed by atoms with van der Waals surface area (Å²) in [5.74, 6) is 0.667. The minimum Gasteiger partial charge on any atom is -0.307 e. The van der Waals surface area contributed by atoms with E-state index in [1.54, 1.807) is 4.68 Å². The second-order valence-corrected chi connectivity index (χ2v) is 4.00. The minimum atomic E-state index is -4.14. The van der Waals surface area contributed by atoms with Crippen LogP contribution in [-0.4, -0.2) is 27.0 Å². The molecule has 17 heavy (non-hydrogen) atoms. The van der Waals surface area contributed by atoms with Crippen LogP contribution in [0.1, 0.15) is 32.5 Å². The summed E-state index contributed by atoms with van der Waals surface area (Å²) in [6, 6.07) is -0.623. The Morgan fingerprint density at radius 2 is 2.18 bits per heavy atom. The highest BCUT2D eigenvalue weighted by Gasteiger charge is 2.29. The number of alkyl halides is 3. The highest BCUT2D eigenvalue weighted by atomic mass is 19.4. The molecule has 0 aliphatic rings. The van der Waals surface area contributed by atoms with Crippen molar-refractivity contribution in [2.45, 2.75) is 52.0 Å². The maximum absolute atomic E-state index is 12.1. The van der Waals surface area contributed by atoms with Gasteiger partial charge in [0.1, 0.15) is 12.2 Å². The SMILES string of the molecule is CCCn1ncnc1CNC(C)CC(F)(F)F. The highest BCUT2D eigenvalue weighted by Crippen LogP contribution is 2.21. The summed E-state index contributed by atoms with van der Waals surface area (Å²) < 4.78 is 38.0. The Labute approximate surface area is 98.2 Å². The molecule has 0 fully saturated rings. The molecule has 0 bridgehead atoms. The summed E-state index contributed by atoms with van der Waals surface area (Å²) in [7, 11) is 0. The molecule has 7 heteroatoms. The van der Waals surface area contributed by atoms with Crippen LogP contribution in [-0.2, 0) is 13.1 Å². The standard InChI is InChI=1S/C10H17F3N4/c1-3-4-17-9(15-7-16-17)6-14-8(2)5-10(11,12)13/h7-8,14H,3-6H2,1-2H3. The van der Waals surface area contributed by atoms with E-state index in [9.17, 15) is 13.2 Å². The van der Waals surface area contributed by atoms with Crippen molar-refractivity contribution in [3.8, 4) is 0 Å². The zero-order valence-corrected chi connectivity index (χ0v) is 9.96. The number of nitrogens with one attached hydrogen (secondary N) is 1. The molecule has 1 atom stereocenters. The van der Waals surface area contributed by atoms with E-state index >= 15 is 0 Å². The molecule has 1 N–H and O–H groups in total. The van der Waals surface area contributed by atoms with Crippen LogP contribution < -0.4 is 5.32 Å². The molecule has 0 amide bonds. The first-order valence-electron chi connectivity index (χ1n) is 5.59. The molecule has 0 aromatic carbocycles.